The van der Waals surface area contributed by atoms with Crippen molar-refractivity contribution in [1.82, 2.24) is 24.7 Å². The van der Waals surface area contributed by atoms with Crippen LogP contribution in [0.15, 0.2) is 48.9 Å². The number of nitrogen functional groups attached to an aromatic ring is 1. The Morgan fingerprint density at radius 2 is 1.89 bits per heavy atom. The van der Waals surface area contributed by atoms with Crippen molar-refractivity contribution in [2.45, 2.75) is 44.6 Å². The van der Waals surface area contributed by atoms with Crippen molar-refractivity contribution in [3.8, 4) is 34.1 Å². The number of fused-ring (bicyclic) bond motifs is 1. The third-order valence-corrected chi connectivity index (χ3v) is 6.72. The molecule has 0 bridgehead atoms. The minimum atomic E-state index is 0.556. The molecule has 3 aromatic heterocycles. The third kappa shape index (κ3) is 4.99. The number of aromatic nitrogens is 5. The van der Waals surface area contributed by atoms with E-state index in [1.54, 1.807) is 38.9 Å². The molecule has 4 heterocycles. The molecular formula is C27H29ClN6O2. The fourth-order valence-electron chi connectivity index (χ4n) is 4.47. The van der Waals surface area contributed by atoms with Crippen molar-refractivity contribution >= 4 is 17.3 Å². The van der Waals surface area contributed by atoms with Gasteiger partial charge in [-0.3, -0.25) is 9.67 Å². The molecule has 0 amide bonds. The quantitative estimate of drug-likeness (QED) is 0.355. The lowest BCUT2D eigenvalue weighted by Gasteiger charge is -2.12. The van der Waals surface area contributed by atoms with Gasteiger partial charge in [-0.1, -0.05) is 11.6 Å². The van der Waals surface area contributed by atoms with Crippen LogP contribution in [0.1, 0.15) is 43.0 Å². The number of pyridine rings is 1. The molecule has 1 aromatic carbocycles. The molecule has 2 N–H and O–H groups in total. The van der Waals surface area contributed by atoms with Gasteiger partial charge in [0.25, 0.3) is 0 Å². The van der Waals surface area contributed by atoms with Gasteiger partial charge in [-0.2, -0.15) is 5.10 Å². The molecular weight excluding hydrogens is 476 g/mol. The Labute approximate surface area is 215 Å². The van der Waals surface area contributed by atoms with Crippen LogP contribution in [0, 0.1) is 0 Å². The summed E-state index contributed by atoms with van der Waals surface area (Å²) >= 11 is 6.12. The second-order valence-corrected chi connectivity index (χ2v) is 9.32. The maximum Gasteiger partial charge on any atom is 0.226 e. The van der Waals surface area contributed by atoms with Gasteiger partial charge in [-0.05, 0) is 68.5 Å². The number of nitrogens with two attached hydrogens (primary N) is 1. The summed E-state index contributed by atoms with van der Waals surface area (Å²) in [6, 6.07) is 11.2. The van der Waals surface area contributed by atoms with Gasteiger partial charge in [0.05, 0.1) is 36.2 Å². The summed E-state index contributed by atoms with van der Waals surface area (Å²) < 4.78 is 12.8. The molecule has 36 heavy (non-hydrogen) atoms. The number of hydrogen-bond acceptors (Lipinski definition) is 7. The van der Waals surface area contributed by atoms with E-state index < -0.39 is 0 Å². The van der Waals surface area contributed by atoms with Crippen LogP contribution < -0.4 is 15.2 Å². The summed E-state index contributed by atoms with van der Waals surface area (Å²) in [5, 5.41) is 5.32. The second-order valence-electron chi connectivity index (χ2n) is 8.91. The first-order valence-electron chi connectivity index (χ1n) is 12.1. The fourth-order valence-corrected chi connectivity index (χ4v) is 4.74. The molecule has 186 valence electrons. The summed E-state index contributed by atoms with van der Waals surface area (Å²) in [4.78, 5) is 13.0. The molecule has 1 aliphatic heterocycles. The average molecular weight is 505 g/mol. The molecule has 1 saturated carbocycles. The predicted octanol–water partition coefficient (Wildman–Crippen LogP) is 5.56. The number of halogens is 1. The lowest BCUT2D eigenvalue weighted by atomic mass is 10.1. The van der Waals surface area contributed by atoms with Gasteiger partial charge in [0.1, 0.15) is 17.8 Å². The van der Waals surface area contributed by atoms with Gasteiger partial charge in [0.2, 0.25) is 5.88 Å². The number of hydrogen-bond donors (Lipinski definition) is 1. The lowest BCUT2D eigenvalue weighted by Crippen LogP contribution is -2.10. The van der Waals surface area contributed by atoms with E-state index in [-0.39, 0.29) is 0 Å². The molecule has 0 unspecified atom stereocenters. The molecule has 0 radical (unpaired) electrons. The largest absolute Gasteiger partial charge is 0.494 e. The number of aryl methyl sites for hydroxylation is 2. The fraction of sp³-hybridized carbons (Fsp3) is 0.333. The molecule has 0 atom stereocenters. The summed E-state index contributed by atoms with van der Waals surface area (Å²) in [6.45, 7) is 1.02. The zero-order valence-corrected chi connectivity index (χ0v) is 21.2. The van der Waals surface area contributed by atoms with E-state index in [4.69, 9.17) is 31.9 Å². The number of rotatable bonds is 5. The van der Waals surface area contributed by atoms with Gasteiger partial charge in [0, 0.05) is 35.6 Å². The smallest absolute Gasteiger partial charge is 0.226 e. The van der Waals surface area contributed by atoms with E-state index in [0.29, 0.717) is 28.3 Å². The van der Waals surface area contributed by atoms with Crippen LogP contribution in [-0.4, -0.2) is 39.0 Å². The Hall–Kier alpha value is -3.65. The van der Waals surface area contributed by atoms with E-state index in [1.807, 2.05) is 18.2 Å². The van der Waals surface area contributed by atoms with Crippen LogP contribution in [0.25, 0.3) is 22.5 Å². The number of benzene rings is 1. The highest BCUT2D eigenvalue weighted by Crippen LogP contribution is 2.45. The summed E-state index contributed by atoms with van der Waals surface area (Å²) in [5.74, 6) is 1.90. The summed E-state index contributed by atoms with van der Waals surface area (Å²) in [7, 11) is 3.27. The molecule has 9 heteroatoms. The Balaban J connectivity index is 0.000000152. The second kappa shape index (κ2) is 10.5. The summed E-state index contributed by atoms with van der Waals surface area (Å²) in [6.07, 6.45) is 9.30. The number of nitrogens with zero attached hydrogens (tertiary/aromatic N) is 5. The van der Waals surface area contributed by atoms with Gasteiger partial charge in [-0.25, -0.2) is 9.97 Å². The number of anilines is 1. The van der Waals surface area contributed by atoms with Crippen molar-refractivity contribution in [1.29, 1.82) is 0 Å². The molecule has 0 spiro atoms. The topological polar surface area (TPSA) is 101 Å². The standard InChI is InChI=1S/C15H18N4O.C12H11ClN2O/c1-20-15-13(14(10-5-6-10)16-9-17-15)12-8-11-4-2-3-7-19(11)18-12;1-16-11-3-2-6-15-12(11)9-5-4-8(14)7-10(9)13/h8-10H,2-7H2,1H3;2-7H,14H2,1H3. The highest BCUT2D eigenvalue weighted by molar-refractivity contribution is 6.33. The maximum absolute atomic E-state index is 6.12. The first kappa shape index (κ1) is 24.1. The van der Waals surface area contributed by atoms with Crippen molar-refractivity contribution in [2.75, 3.05) is 20.0 Å². The van der Waals surface area contributed by atoms with Crippen molar-refractivity contribution in [3.05, 3.63) is 65.3 Å². The van der Waals surface area contributed by atoms with Crippen LogP contribution in [0.4, 0.5) is 5.69 Å². The average Bonchev–Trinajstić information content (AvgIpc) is 3.67. The third-order valence-electron chi connectivity index (χ3n) is 6.41. The molecule has 1 aliphatic carbocycles. The van der Waals surface area contributed by atoms with E-state index in [2.05, 4.69) is 25.7 Å². The highest BCUT2D eigenvalue weighted by atomic mass is 35.5. The summed E-state index contributed by atoms with van der Waals surface area (Å²) in [5.41, 5.74) is 12.2. The number of methoxy groups -OCH3 is 2. The Kier molecular flexibility index (Phi) is 7.04. The normalized spacial score (nSPS) is 14.4. The molecule has 8 nitrogen and oxygen atoms in total. The molecule has 6 rings (SSSR count). The first-order chi connectivity index (χ1) is 17.6. The Morgan fingerprint density at radius 3 is 2.61 bits per heavy atom. The van der Waals surface area contributed by atoms with Crippen molar-refractivity contribution in [2.24, 2.45) is 0 Å². The molecule has 4 aromatic rings. The highest BCUT2D eigenvalue weighted by Gasteiger charge is 2.31. The maximum atomic E-state index is 6.12. The van der Waals surface area contributed by atoms with Crippen LogP contribution in [0.5, 0.6) is 11.6 Å². The van der Waals surface area contributed by atoms with Gasteiger partial charge < -0.3 is 15.2 Å². The van der Waals surface area contributed by atoms with Crippen LogP contribution in [-0.2, 0) is 13.0 Å². The van der Waals surface area contributed by atoms with E-state index in [1.165, 1.54) is 31.4 Å². The van der Waals surface area contributed by atoms with Crippen molar-refractivity contribution < 1.29 is 9.47 Å². The minimum absolute atomic E-state index is 0.556. The van der Waals surface area contributed by atoms with Gasteiger partial charge >= 0.3 is 0 Å². The zero-order valence-electron chi connectivity index (χ0n) is 20.4. The van der Waals surface area contributed by atoms with E-state index in [9.17, 15) is 0 Å². The number of ether oxygens (including phenoxy) is 2. The van der Waals surface area contributed by atoms with Crippen LogP contribution in [0.2, 0.25) is 5.02 Å². The minimum Gasteiger partial charge on any atom is -0.494 e. The van der Waals surface area contributed by atoms with Crippen LogP contribution in [0.3, 0.4) is 0 Å². The molecule has 0 saturated heterocycles. The van der Waals surface area contributed by atoms with Crippen molar-refractivity contribution in [3.63, 3.8) is 0 Å². The molecule has 2 aliphatic rings. The monoisotopic (exact) mass is 504 g/mol. The van der Waals surface area contributed by atoms with E-state index >= 15 is 0 Å². The van der Waals surface area contributed by atoms with Gasteiger partial charge in [0.15, 0.2) is 0 Å². The Morgan fingerprint density at radius 1 is 1.03 bits per heavy atom. The lowest BCUT2D eigenvalue weighted by molar-refractivity contribution is 0.397. The van der Waals surface area contributed by atoms with E-state index in [0.717, 1.165) is 41.2 Å². The molecule has 1 fully saturated rings. The van der Waals surface area contributed by atoms with Crippen LogP contribution >= 0.6 is 11.6 Å². The SMILES string of the molecule is COc1cccnc1-c1ccc(N)cc1Cl.COc1ncnc(C2CC2)c1-c1cc2n(n1)CCCC2. The predicted molar refractivity (Wildman–Crippen MR) is 140 cm³/mol. The van der Waals surface area contributed by atoms with Gasteiger partial charge in [-0.15, -0.1) is 0 Å². The zero-order chi connectivity index (χ0) is 25.1. The Bertz CT molecular complexity index is 1340. The first-order valence-corrected chi connectivity index (χ1v) is 12.5.